The first-order valence-corrected chi connectivity index (χ1v) is 6.38. The summed E-state index contributed by atoms with van der Waals surface area (Å²) in [4.78, 5) is 11.1. The molecule has 0 saturated carbocycles. The van der Waals surface area contributed by atoms with Crippen LogP contribution in [0, 0.1) is 11.3 Å². The number of nitrogens with two attached hydrogens (primary N) is 1. The van der Waals surface area contributed by atoms with Crippen LogP contribution in [0.1, 0.15) is 11.1 Å². The Morgan fingerprint density at radius 3 is 2.48 bits per heavy atom. The van der Waals surface area contributed by atoms with Gasteiger partial charge in [-0.05, 0) is 17.7 Å². The summed E-state index contributed by atoms with van der Waals surface area (Å²) < 4.78 is 5.74. The zero-order chi connectivity index (χ0) is 15.1. The van der Waals surface area contributed by atoms with E-state index >= 15 is 0 Å². The van der Waals surface area contributed by atoms with Crippen molar-refractivity contribution in [1.82, 2.24) is 0 Å². The lowest BCUT2D eigenvalue weighted by Gasteiger charge is -2.09. The molecule has 0 heterocycles. The molecule has 0 aliphatic heterocycles. The van der Waals surface area contributed by atoms with E-state index in [2.05, 4.69) is 0 Å². The molecule has 2 aromatic carbocycles. The number of nitriles is 1. The first-order valence-electron chi connectivity index (χ1n) is 6.38. The maximum absolute atomic E-state index is 11.1. The van der Waals surface area contributed by atoms with Crippen molar-refractivity contribution in [3.8, 4) is 11.8 Å². The van der Waals surface area contributed by atoms with Gasteiger partial charge in [-0.1, -0.05) is 48.5 Å². The molecule has 0 aromatic heterocycles. The van der Waals surface area contributed by atoms with Crippen molar-refractivity contribution in [2.45, 2.75) is 6.61 Å². The van der Waals surface area contributed by atoms with Gasteiger partial charge in [0, 0.05) is 5.56 Å². The first-order chi connectivity index (χ1) is 10.2. The summed E-state index contributed by atoms with van der Waals surface area (Å²) in [7, 11) is 0. The smallest absolute Gasteiger partial charge is 0.259 e. The van der Waals surface area contributed by atoms with Crippen molar-refractivity contribution in [2.24, 2.45) is 5.73 Å². The van der Waals surface area contributed by atoms with Crippen molar-refractivity contribution >= 4 is 12.0 Å². The maximum atomic E-state index is 11.1. The van der Waals surface area contributed by atoms with E-state index in [4.69, 9.17) is 15.7 Å². The van der Waals surface area contributed by atoms with Gasteiger partial charge >= 0.3 is 0 Å². The molecule has 0 spiro atoms. The number of rotatable bonds is 5. The Kier molecular flexibility index (Phi) is 4.73. The molecule has 0 bridgehead atoms. The molecular formula is C17H14N2O2. The van der Waals surface area contributed by atoms with E-state index in [0.29, 0.717) is 17.9 Å². The fourth-order valence-corrected chi connectivity index (χ4v) is 1.78. The highest BCUT2D eigenvalue weighted by Crippen LogP contribution is 2.22. The minimum atomic E-state index is -0.754. The molecule has 4 nitrogen and oxygen atoms in total. The third kappa shape index (κ3) is 3.95. The Labute approximate surface area is 123 Å². The summed E-state index contributed by atoms with van der Waals surface area (Å²) >= 11 is 0. The highest BCUT2D eigenvalue weighted by Gasteiger charge is 2.07. The van der Waals surface area contributed by atoms with Crippen LogP contribution in [0.4, 0.5) is 0 Å². The Balaban J connectivity index is 2.22. The number of primary amides is 1. The molecule has 0 fully saturated rings. The predicted octanol–water partition coefficient (Wildman–Crippen LogP) is 2.66. The number of hydrogen-bond acceptors (Lipinski definition) is 3. The van der Waals surface area contributed by atoms with Crippen LogP contribution >= 0.6 is 0 Å². The van der Waals surface area contributed by atoms with Gasteiger partial charge in [-0.2, -0.15) is 5.26 Å². The van der Waals surface area contributed by atoms with Gasteiger partial charge in [-0.25, -0.2) is 0 Å². The summed E-state index contributed by atoms with van der Waals surface area (Å²) in [6, 6.07) is 18.7. The highest BCUT2D eigenvalue weighted by atomic mass is 16.5. The SMILES string of the molecule is N#CC(=Cc1ccccc1OCc1ccccc1)C(N)=O. The predicted molar refractivity (Wildman–Crippen MR) is 80.0 cm³/mol. The second kappa shape index (κ2) is 6.92. The van der Waals surface area contributed by atoms with Crippen molar-refractivity contribution in [2.75, 3.05) is 0 Å². The Bertz CT molecular complexity index is 700. The number of carbonyl (C=O) groups excluding carboxylic acids is 1. The normalized spacial score (nSPS) is 10.7. The van der Waals surface area contributed by atoms with E-state index in [1.54, 1.807) is 24.3 Å². The molecule has 4 heteroatoms. The van der Waals surface area contributed by atoms with Crippen molar-refractivity contribution in [3.05, 3.63) is 71.3 Å². The van der Waals surface area contributed by atoms with Crippen LogP contribution in [-0.4, -0.2) is 5.91 Å². The van der Waals surface area contributed by atoms with Gasteiger partial charge in [0.2, 0.25) is 0 Å². The zero-order valence-electron chi connectivity index (χ0n) is 11.3. The van der Waals surface area contributed by atoms with Crippen LogP contribution < -0.4 is 10.5 Å². The van der Waals surface area contributed by atoms with Gasteiger partial charge in [0.1, 0.15) is 24.0 Å². The molecular weight excluding hydrogens is 264 g/mol. The molecule has 2 N–H and O–H groups in total. The molecule has 104 valence electrons. The number of amides is 1. The van der Waals surface area contributed by atoms with E-state index in [9.17, 15) is 4.79 Å². The van der Waals surface area contributed by atoms with Crippen LogP contribution in [0.25, 0.3) is 6.08 Å². The van der Waals surface area contributed by atoms with Crippen molar-refractivity contribution in [1.29, 1.82) is 5.26 Å². The van der Waals surface area contributed by atoms with Gasteiger partial charge in [0.05, 0.1) is 0 Å². The van der Waals surface area contributed by atoms with Crippen molar-refractivity contribution < 1.29 is 9.53 Å². The largest absolute Gasteiger partial charge is 0.488 e. The number of para-hydroxylation sites is 1. The Hall–Kier alpha value is -3.06. The van der Waals surface area contributed by atoms with Crippen LogP contribution in [-0.2, 0) is 11.4 Å². The fourth-order valence-electron chi connectivity index (χ4n) is 1.78. The highest BCUT2D eigenvalue weighted by molar-refractivity contribution is 6.00. The van der Waals surface area contributed by atoms with Crippen molar-refractivity contribution in [3.63, 3.8) is 0 Å². The molecule has 21 heavy (non-hydrogen) atoms. The molecule has 2 rings (SSSR count). The lowest BCUT2D eigenvalue weighted by molar-refractivity contribution is -0.114. The molecule has 0 radical (unpaired) electrons. The number of ether oxygens (including phenoxy) is 1. The Morgan fingerprint density at radius 2 is 1.81 bits per heavy atom. The second-order valence-corrected chi connectivity index (χ2v) is 4.35. The minimum absolute atomic E-state index is 0.106. The summed E-state index contributed by atoms with van der Waals surface area (Å²) in [5.74, 6) is -0.161. The van der Waals surface area contributed by atoms with E-state index < -0.39 is 5.91 Å². The van der Waals surface area contributed by atoms with Gasteiger partial charge in [-0.15, -0.1) is 0 Å². The number of carbonyl (C=O) groups is 1. The minimum Gasteiger partial charge on any atom is -0.488 e. The number of hydrogen-bond donors (Lipinski definition) is 1. The van der Waals surface area contributed by atoms with Gasteiger partial charge in [0.25, 0.3) is 5.91 Å². The first kappa shape index (κ1) is 14.4. The topological polar surface area (TPSA) is 76.1 Å². The van der Waals surface area contributed by atoms with Crippen LogP contribution in [0.3, 0.4) is 0 Å². The summed E-state index contributed by atoms with van der Waals surface area (Å²) in [5.41, 5.74) is 6.71. The fraction of sp³-hybridized carbons (Fsp3) is 0.0588. The maximum Gasteiger partial charge on any atom is 0.259 e. The van der Waals surface area contributed by atoms with E-state index in [-0.39, 0.29) is 5.57 Å². The molecule has 2 aromatic rings. The quantitative estimate of drug-likeness (QED) is 0.674. The number of benzene rings is 2. The molecule has 1 amide bonds. The van der Waals surface area contributed by atoms with Gasteiger partial charge < -0.3 is 10.5 Å². The molecule has 0 unspecified atom stereocenters. The molecule has 0 atom stereocenters. The average molecular weight is 278 g/mol. The summed E-state index contributed by atoms with van der Waals surface area (Å²) in [6.07, 6.45) is 1.43. The van der Waals surface area contributed by atoms with E-state index in [1.807, 2.05) is 36.4 Å². The zero-order valence-corrected chi connectivity index (χ0v) is 11.3. The molecule has 0 aliphatic carbocycles. The van der Waals surface area contributed by atoms with Crippen LogP contribution in [0.15, 0.2) is 60.2 Å². The van der Waals surface area contributed by atoms with Gasteiger partial charge in [0.15, 0.2) is 0 Å². The lowest BCUT2D eigenvalue weighted by atomic mass is 10.1. The second-order valence-electron chi connectivity index (χ2n) is 4.35. The van der Waals surface area contributed by atoms with Crippen LogP contribution in [0.2, 0.25) is 0 Å². The lowest BCUT2D eigenvalue weighted by Crippen LogP contribution is -2.12. The molecule has 0 aliphatic rings. The number of nitrogens with zero attached hydrogens (tertiary/aromatic N) is 1. The van der Waals surface area contributed by atoms with E-state index in [0.717, 1.165) is 5.56 Å². The van der Waals surface area contributed by atoms with E-state index in [1.165, 1.54) is 6.08 Å². The molecule has 0 saturated heterocycles. The average Bonchev–Trinajstić information content (AvgIpc) is 2.52. The van der Waals surface area contributed by atoms with Crippen LogP contribution in [0.5, 0.6) is 5.75 Å². The standard InChI is InChI=1S/C17H14N2O2/c18-11-15(17(19)20)10-14-8-4-5-9-16(14)21-12-13-6-2-1-3-7-13/h1-10H,12H2,(H2,19,20). The van der Waals surface area contributed by atoms with Gasteiger partial charge in [-0.3, -0.25) is 4.79 Å². The Morgan fingerprint density at radius 1 is 1.14 bits per heavy atom. The monoisotopic (exact) mass is 278 g/mol. The summed E-state index contributed by atoms with van der Waals surface area (Å²) in [5, 5.41) is 8.90. The third-order valence-electron chi connectivity index (χ3n) is 2.84. The summed E-state index contributed by atoms with van der Waals surface area (Å²) in [6.45, 7) is 0.407. The third-order valence-corrected chi connectivity index (χ3v) is 2.84.